The summed E-state index contributed by atoms with van der Waals surface area (Å²) >= 11 is 0. The van der Waals surface area contributed by atoms with Gasteiger partial charge in [0.25, 0.3) is 0 Å². The molecule has 66 valence electrons. The van der Waals surface area contributed by atoms with Crippen LogP contribution < -0.4 is 4.74 Å². The number of hydrogen-bond acceptors (Lipinski definition) is 3. The monoisotopic (exact) mass is 176 g/mol. The number of ether oxygens (including phenoxy) is 1. The molecule has 0 aliphatic heterocycles. The van der Waals surface area contributed by atoms with Crippen molar-refractivity contribution in [3.63, 3.8) is 0 Å². The second-order valence-electron chi connectivity index (χ2n) is 2.71. The van der Waals surface area contributed by atoms with Crippen molar-refractivity contribution in [2.24, 2.45) is 0 Å². The average molecular weight is 176 g/mol. The van der Waals surface area contributed by atoms with E-state index in [1.165, 1.54) is 6.92 Å². The number of aromatic nitrogens is 2. The lowest BCUT2D eigenvalue weighted by molar-refractivity contribution is -0.131. The smallest absolute Gasteiger partial charge is 0.308 e. The first-order valence-electron chi connectivity index (χ1n) is 3.87. The zero-order chi connectivity index (χ0) is 9.26. The number of nitrogens with zero attached hydrogens (tertiary/aromatic N) is 1. The van der Waals surface area contributed by atoms with E-state index in [2.05, 4.69) is 10.2 Å². The molecule has 4 nitrogen and oxygen atoms in total. The Hall–Kier alpha value is -1.84. The molecule has 0 unspecified atom stereocenters. The first kappa shape index (κ1) is 7.79. The Balaban J connectivity index is 2.42. The summed E-state index contributed by atoms with van der Waals surface area (Å²) in [4.78, 5) is 10.6. The molecule has 0 amide bonds. The van der Waals surface area contributed by atoms with Crippen molar-refractivity contribution in [3.8, 4) is 5.75 Å². The van der Waals surface area contributed by atoms with E-state index in [-0.39, 0.29) is 5.97 Å². The molecule has 0 atom stereocenters. The van der Waals surface area contributed by atoms with E-state index in [9.17, 15) is 4.79 Å². The third kappa shape index (κ3) is 1.51. The number of fused-ring (bicyclic) bond motifs is 1. The van der Waals surface area contributed by atoms with Crippen molar-refractivity contribution >= 4 is 16.9 Å². The van der Waals surface area contributed by atoms with E-state index in [1.807, 2.05) is 6.07 Å². The van der Waals surface area contributed by atoms with Gasteiger partial charge in [-0.3, -0.25) is 9.89 Å². The fourth-order valence-electron chi connectivity index (χ4n) is 1.15. The van der Waals surface area contributed by atoms with Gasteiger partial charge in [0.2, 0.25) is 0 Å². The normalized spacial score (nSPS) is 10.2. The number of esters is 1. The van der Waals surface area contributed by atoms with Gasteiger partial charge in [-0.05, 0) is 18.2 Å². The first-order valence-corrected chi connectivity index (χ1v) is 3.87. The van der Waals surface area contributed by atoms with Crippen LogP contribution in [0.3, 0.4) is 0 Å². The van der Waals surface area contributed by atoms with Gasteiger partial charge in [-0.2, -0.15) is 5.10 Å². The zero-order valence-corrected chi connectivity index (χ0v) is 7.07. The lowest BCUT2D eigenvalue weighted by atomic mass is 10.2. The minimum absolute atomic E-state index is 0.317. The third-order valence-electron chi connectivity index (χ3n) is 1.67. The summed E-state index contributed by atoms with van der Waals surface area (Å²) in [7, 11) is 0. The largest absolute Gasteiger partial charge is 0.427 e. The maximum Gasteiger partial charge on any atom is 0.308 e. The SMILES string of the molecule is CC(=O)Oc1ccc2[nH]ncc2c1. The second-order valence-corrected chi connectivity index (χ2v) is 2.71. The van der Waals surface area contributed by atoms with E-state index in [4.69, 9.17) is 4.74 Å². The maximum absolute atomic E-state index is 10.6. The second kappa shape index (κ2) is 2.90. The zero-order valence-electron chi connectivity index (χ0n) is 7.07. The van der Waals surface area contributed by atoms with Crippen LogP contribution >= 0.6 is 0 Å². The van der Waals surface area contributed by atoms with Gasteiger partial charge in [-0.1, -0.05) is 0 Å². The highest BCUT2D eigenvalue weighted by atomic mass is 16.5. The molecule has 1 heterocycles. The number of carbonyl (C=O) groups excluding carboxylic acids is 1. The number of carbonyl (C=O) groups is 1. The Kier molecular flexibility index (Phi) is 1.73. The summed E-state index contributed by atoms with van der Waals surface area (Å²) in [5.41, 5.74) is 0.927. The number of rotatable bonds is 1. The molecule has 0 bridgehead atoms. The predicted octanol–water partition coefficient (Wildman–Crippen LogP) is 1.49. The van der Waals surface area contributed by atoms with Gasteiger partial charge in [0.15, 0.2) is 0 Å². The van der Waals surface area contributed by atoms with Crippen LogP contribution in [0.25, 0.3) is 10.9 Å². The molecule has 0 radical (unpaired) electrons. The summed E-state index contributed by atoms with van der Waals surface area (Å²) in [5, 5.41) is 7.60. The molecule has 0 aliphatic rings. The van der Waals surface area contributed by atoms with E-state index < -0.39 is 0 Å². The molecule has 1 aromatic heterocycles. The van der Waals surface area contributed by atoms with Gasteiger partial charge < -0.3 is 4.74 Å². The van der Waals surface area contributed by atoms with Gasteiger partial charge in [0.1, 0.15) is 5.75 Å². The van der Waals surface area contributed by atoms with Crippen LogP contribution in [-0.4, -0.2) is 16.2 Å². The third-order valence-corrected chi connectivity index (χ3v) is 1.67. The quantitative estimate of drug-likeness (QED) is 0.529. The average Bonchev–Trinajstić information content (AvgIpc) is 2.49. The molecule has 0 aliphatic carbocycles. The van der Waals surface area contributed by atoms with E-state index in [0.29, 0.717) is 5.75 Å². The van der Waals surface area contributed by atoms with E-state index in [1.54, 1.807) is 18.3 Å². The Morgan fingerprint density at radius 3 is 3.15 bits per heavy atom. The molecule has 4 heteroatoms. The first-order chi connectivity index (χ1) is 6.25. The molecule has 0 saturated carbocycles. The minimum atomic E-state index is -0.317. The highest BCUT2D eigenvalue weighted by Gasteiger charge is 2.00. The van der Waals surface area contributed by atoms with Crippen LogP contribution in [0, 0.1) is 0 Å². The van der Waals surface area contributed by atoms with Gasteiger partial charge >= 0.3 is 5.97 Å². The summed E-state index contributed by atoms with van der Waals surface area (Å²) < 4.78 is 4.91. The molecular formula is C9H8N2O2. The van der Waals surface area contributed by atoms with Crippen LogP contribution in [-0.2, 0) is 4.79 Å². The van der Waals surface area contributed by atoms with Crippen LogP contribution in [0.2, 0.25) is 0 Å². The summed E-state index contributed by atoms with van der Waals surface area (Å²) in [5.74, 6) is 0.226. The van der Waals surface area contributed by atoms with Crippen molar-refractivity contribution < 1.29 is 9.53 Å². The topological polar surface area (TPSA) is 55.0 Å². The predicted molar refractivity (Wildman–Crippen MR) is 47.4 cm³/mol. The van der Waals surface area contributed by atoms with Crippen LogP contribution in [0.5, 0.6) is 5.75 Å². The number of nitrogens with one attached hydrogen (secondary N) is 1. The fourth-order valence-corrected chi connectivity index (χ4v) is 1.15. The number of hydrogen-bond donors (Lipinski definition) is 1. The summed E-state index contributed by atoms with van der Waals surface area (Å²) in [6.07, 6.45) is 1.68. The van der Waals surface area contributed by atoms with Crippen molar-refractivity contribution in [2.75, 3.05) is 0 Å². The fraction of sp³-hybridized carbons (Fsp3) is 0.111. The summed E-state index contributed by atoms with van der Waals surface area (Å²) in [6.45, 7) is 1.37. The van der Waals surface area contributed by atoms with Crippen LogP contribution in [0.1, 0.15) is 6.92 Å². The van der Waals surface area contributed by atoms with Crippen LogP contribution in [0.15, 0.2) is 24.4 Å². The molecule has 0 spiro atoms. The Labute approximate surface area is 74.5 Å². The molecule has 1 aromatic carbocycles. The molecular weight excluding hydrogens is 168 g/mol. The number of H-pyrrole nitrogens is 1. The van der Waals surface area contributed by atoms with Crippen molar-refractivity contribution in [2.45, 2.75) is 6.92 Å². The molecule has 0 fully saturated rings. The molecule has 2 rings (SSSR count). The van der Waals surface area contributed by atoms with Crippen molar-refractivity contribution in [1.29, 1.82) is 0 Å². The highest BCUT2D eigenvalue weighted by molar-refractivity contribution is 5.80. The van der Waals surface area contributed by atoms with Gasteiger partial charge in [0.05, 0.1) is 11.7 Å². The molecule has 1 N–H and O–H groups in total. The minimum Gasteiger partial charge on any atom is -0.427 e. The Morgan fingerprint density at radius 1 is 1.54 bits per heavy atom. The highest BCUT2D eigenvalue weighted by Crippen LogP contribution is 2.18. The van der Waals surface area contributed by atoms with Gasteiger partial charge in [0, 0.05) is 12.3 Å². The Morgan fingerprint density at radius 2 is 2.38 bits per heavy atom. The number of aromatic amines is 1. The molecule has 2 aromatic rings. The van der Waals surface area contributed by atoms with E-state index >= 15 is 0 Å². The lowest BCUT2D eigenvalue weighted by Crippen LogP contribution is -2.00. The lowest BCUT2D eigenvalue weighted by Gasteiger charge is -1.99. The van der Waals surface area contributed by atoms with Crippen molar-refractivity contribution in [1.82, 2.24) is 10.2 Å². The Bertz CT molecular complexity index is 448. The van der Waals surface area contributed by atoms with E-state index in [0.717, 1.165) is 10.9 Å². The van der Waals surface area contributed by atoms with Gasteiger partial charge in [-0.25, -0.2) is 0 Å². The van der Waals surface area contributed by atoms with Crippen molar-refractivity contribution in [3.05, 3.63) is 24.4 Å². The number of benzene rings is 1. The standard InChI is InChI=1S/C9H8N2O2/c1-6(12)13-8-2-3-9-7(4-8)5-10-11-9/h2-5H,1H3,(H,10,11). The molecule has 0 saturated heterocycles. The summed E-state index contributed by atoms with van der Waals surface area (Å²) in [6, 6.07) is 5.31. The molecule has 13 heavy (non-hydrogen) atoms. The van der Waals surface area contributed by atoms with Crippen LogP contribution in [0.4, 0.5) is 0 Å². The maximum atomic E-state index is 10.6. The van der Waals surface area contributed by atoms with Gasteiger partial charge in [-0.15, -0.1) is 0 Å².